The lowest BCUT2D eigenvalue weighted by molar-refractivity contribution is -0.148. The van der Waals surface area contributed by atoms with Crippen molar-refractivity contribution in [2.45, 2.75) is 31.1 Å². The summed E-state index contributed by atoms with van der Waals surface area (Å²) < 4.78 is 21.9. The van der Waals surface area contributed by atoms with Gasteiger partial charge in [-0.25, -0.2) is 4.39 Å². The second kappa shape index (κ2) is 15.7. The lowest BCUT2D eigenvalue weighted by atomic mass is 10.0. The number of anilines is 1. The number of benzene rings is 3. The Morgan fingerprint density at radius 3 is 2.18 bits per heavy atom. The number of carbonyl (C=O) groups is 2. The normalized spacial score (nSPS) is 16.4. The molecule has 1 aliphatic heterocycles. The molecule has 0 aromatic heterocycles. The van der Waals surface area contributed by atoms with Crippen LogP contribution < -0.4 is 4.31 Å². The molecule has 3 aromatic carbocycles. The summed E-state index contributed by atoms with van der Waals surface area (Å²) in [6, 6.07) is 23.6. The predicted molar refractivity (Wildman–Crippen MR) is 156 cm³/mol. The Morgan fingerprint density at radius 2 is 1.62 bits per heavy atom. The Bertz CT molecular complexity index is 1200. The van der Waals surface area contributed by atoms with Gasteiger partial charge in [-0.1, -0.05) is 65.7 Å². The van der Waals surface area contributed by atoms with Crippen LogP contribution in [0.4, 0.5) is 10.1 Å². The van der Waals surface area contributed by atoms with E-state index in [0.29, 0.717) is 35.7 Å². The molecule has 1 saturated heterocycles. The van der Waals surface area contributed by atoms with E-state index in [1.807, 2.05) is 69.9 Å². The fourth-order valence-electron chi connectivity index (χ4n) is 3.70. The minimum absolute atomic E-state index is 0.0453. The van der Waals surface area contributed by atoms with Crippen molar-refractivity contribution in [2.24, 2.45) is 0 Å². The van der Waals surface area contributed by atoms with E-state index < -0.39 is 5.97 Å². The van der Waals surface area contributed by atoms with Crippen LogP contribution in [0.15, 0.2) is 78.9 Å². The predicted octanol–water partition coefficient (Wildman–Crippen LogP) is 7.13. The first kappa shape index (κ1) is 30.8. The van der Waals surface area contributed by atoms with Crippen LogP contribution in [-0.2, 0) is 14.3 Å². The SMILES string of the molecule is CC(=O)O.Clc1ccccc1.O=C1COCC(c2ccc(Cl)cc2)N1CCN(SC1CC1)c1ccccc1F. The Morgan fingerprint density at radius 1 is 1.03 bits per heavy atom. The summed E-state index contributed by atoms with van der Waals surface area (Å²) in [6.07, 6.45) is 2.30. The number of ether oxygens (including phenoxy) is 1. The quantitative estimate of drug-likeness (QED) is 0.294. The van der Waals surface area contributed by atoms with Gasteiger partial charge in [-0.05, 0) is 66.8 Å². The molecule has 1 heterocycles. The Labute approximate surface area is 242 Å². The van der Waals surface area contributed by atoms with E-state index in [1.165, 1.54) is 6.07 Å². The maximum absolute atomic E-state index is 14.4. The fourth-order valence-corrected chi connectivity index (χ4v) is 5.12. The zero-order valence-corrected chi connectivity index (χ0v) is 23.8. The number of hydrogen-bond donors (Lipinski definition) is 1. The van der Waals surface area contributed by atoms with Gasteiger partial charge in [0.25, 0.3) is 5.97 Å². The van der Waals surface area contributed by atoms with Crippen LogP contribution in [0, 0.1) is 5.82 Å². The monoisotopic (exact) mass is 592 g/mol. The number of morpholine rings is 1. The van der Waals surface area contributed by atoms with Gasteiger partial charge in [-0.2, -0.15) is 0 Å². The molecule has 1 aliphatic carbocycles. The molecular weight excluding hydrogens is 562 g/mol. The standard InChI is InChI=1S/C21H22ClFN2O2S.C6H5Cl.C2H4O2/c22-16-7-5-15(6-8-16)20-13-27-14-21(26)24(20)11-12-25(28-17-9-10-17)19-4-2-1-3-18(19)23;7-6-4-2-1-3-5-6;1-2(3)4/h1-8,17,20H,9-14H2;1-5H;1H3,(H,3,4). The highest BCUT2D eigenvalue weighted by Gasteiger charge is 2.32. The molecule has 1 N–H and O–H groups in total. The van der Waals surface area contributed by atoms with E-state index in [2.05, 4.69) is 0 Å². The van der Waals surface area contributed by atoms with Gasteiger partial charge < -0.3 is 19.0 Å². The van der Waals surface area contributed by atoms with Gasteiger partial charge in [-0.3, -0.25) is 9.59 Å². The molecule has 39 heavy (non-hydrogen) atoms. The minimum Gasteiger partial charge on any atom is -0.481 e. The number of aliphatic carboxylic acids is 1. The van der Waals surface area contributed by atoms with E-state index in [0.717, 1.165) is 30.4 Å². The smallest absolute Gasteiger partial charge is 0.300 e. The molecule has 208 valence electrons. The minimum atomic E-state index is -0.833. The first-order valence-corrected chi connectivity index (χ1v) is 14.1. The first-order valence-electron chi connectivity index (χ1n) is 12.5. The van der Waals surface area contributed by atoms with E-state index in [-0.39, 0.29) is 24.4 Å². The summed E-state index contributed by atoms with van der Waals surface area (Å²) in [5, 5.41) is 9.40. The highest BCUT2D eigenvalue weighted by Crippen LogP contribution is 2.39. The number of rotatable bonds is 7. The molecule has 5 rings (SSSR count). The third-order valence-electron chi connectivity index (χ3n) is 5.65. The van der Waals surface area contributed by atoms with Crippen molar-refractivity contribution in [3.05, 3.63) is 100 Å². The van der Waals surface area contributed by atoms with Crippen molar-refractivity contribution >= 4 is 52.7 Å². The van der Waals surface area contributed by atoms with Crippen LogP contribution in [-0.4, -0.2) is 53.4 Å². The molecule has 2 fully saturated rings. The van der Waals surface area contributed by atoms with Crippen molar-refractivity contribution in [2.75, 3.05) is 30.6 Å². The molecule has 1 amide bonds. The highest BCUT2D eigenvalue weighted by atomic mass is 35.5. The Kier molecular flexibility index (Phi) is 12.4. The summed E-state index contributed by atoms with van der Waals surface area (Å²) in [7, 11) is 0. The summed E-state index contributed by atoms with van der Waals surface area (Å²) in [6.45, 7) is 2.67. The molecule has 1 unspecified atom stereocenters. The molecule has 1 saturated carbocycles. The molecule has 1 atom stereocenters. The maximum atomic E-state index is 14.4. The molecule has 0 spiro atoms. The van der Waals surface area contributed by atoms with Gasteiger partial charge in [0.15, 0.2) is 0 Å². The second-order valence-corrected chi connectivity index (χ2v) is 11.0. The van der Waals surface area contributed by atoms with Crippen molar-refractivity contribution in [3.8, 4) is 0 Å². The van der Waals surface area contributed by atoms with E-state index in [1.54, 1.807) is 24.1 Å². The largest absolute Gasteiger partial charge is 0.481 e. The summed E-state index contributed by atoms with van der Waals surface area (Å²) in [4.78, 5) is 23.4. The van der Waals surface area contributed by atoms with Crippen LogP contribution in [0.1, 0.15) is 31.4 Å². The number of amides is 1. The summed E-state index contributed by atoms with van der Waals surface area (Å²) in [5.41, 5.74) is 1.56. The Balaban J connectivity index is 0.000000320. The summed E-state index contributed by atoms with van der Waals surface area (Å²) >= 11 is 13.2. The second-order valence-electron chi connectivity index (χ2n) is 8.84. The van der Waals surface area contributed by atoms with Crippen molar-refractivity contribution in [3.63, 3.8) is 0 Å². The number of carboxylic acids is 1. The van der Waals surface area contributed by atoms with E-state index in [9.17, 15) is 9.18 Å². The number of carbonyl (C=O) groups excluding carboxylic acids is 1. The molecule has 3 aromatic rings. The van der Waals surface area contributed by atoms with Crippen LogP contribution in [0.2, 0.25) is 10.0 Å². The average molecular weight is 594 g/mol. The first-order chi connectivity index (χ1) is 18.7. The lowest BCUT2D eigenvalue weighted by Crippen LogP contribution is -2.46. The van der Waals surface area contributed by atoms with Crippen LogP contribution >= 0.6 is 35.1 Å². The third kappa shape index (κ3) is 10.7. The molecule has 10 heteroatoms. The zero-order valence-electron chi connectivity index (χ0n) is 21.5. The third-order valence-corrected chi connectivity index (χ3v) is 7.56. The number of para-hydroxylation sites is 1. The van der Waals surface area contributed by atoms with Gasteiger partial charge >= 0.3 is 0 Å². The number of halogens is 3. The molecule has 6 nitrogen and oxygen atoms in total. The molecule has 0 radical (unpaired) electrons. The van der Waals surface area contributed by atoms with Gasteiger partial charge in [0.2, 0.25) is 5.91 Å². The number of hydrogen-bond acceptors (Lipinski definition) is 5. The van der Waals surface area contributed by atoms with E-state index >= 15 is 0 Å². The van der Waals surface area contributed by atoms with E-state index in [4.69, 9.17) is 37.8 Å². The Hall–Kier alpha value is -2.78. The zero-order chi connectivity index (χ0) is 28.2. The molecule has 0 bridgehead atoms. The van der Waals surface area contributed by atoms with Crippen LogP contribution in [0.25, 0.3) is 0 Å². The van der Waals surface area contributed by atoms with Gasteiger partial charge in [-0.15, -0.1) is 0 Å². The average Bonchev–Trinajstić information content (AvgIpc) is 3.73. The number of carboxylic acid groups (broad SMARTS) is 1. The number of nitrogens with zero attached hydrogens (tertiary/aromatic N) is 2. The van der Waals surface area contributed by atoms with Gasteiger partial charge in [0.1, 0.15) is 12.4 Å². The van der Waals surface area contributed by atoms with Crippen molar-refractivity contribution in [1.82, 2.24) is 4.90 Å². The van der Waals surface area contributed by atoms with Gasteiger partial charge in [0.05, 0.1) is 18.3 Å². The topological polar surface area (TPSA) is 70.1 Å². The van der Waals surface area contributed by atoms with Crippen molar-refractivity contribution < 1.29 is 23.8 Å². The fraction of sp³-hybridized carbons (Fsp3) is 0.310. The molecule has 2 aliphatic rings. The molecular formula is C29H31Cl2FN2O4S. The van der Waals surface area contributed by atoms with Crippen molar-refractivity contribution in [1.29, 1.82) is 0 Å². The van der Waals surface area contributed by atoms with Gasteiger partial charge in [0, 0.05) is 35.3 Å². The van der Waals surface area contributed by atoms with Crippen LogP contribution in [0.3, 0.4) is 0 Å². The van der Waals surface area contributed by atoms with Crippen LogP contribution in [0.5, 0.6) is 0 Å². The highest BCUT2D eigenvalue weighted by molar-refractivity contribution is 8.01. The summed E-state index contributed by atoms with van der Waals surface area (Å²) in [5.74, 6) is -1.12. The maximum Gasteiger partial charge on any atom is 0.300 e. The lowest BCUT2D eigenvalue weighted by Gasteiger charge is -2.37.